The molecule has 1 aliphatic rings. The monoisotopic (exact) mass is 440 g/mol. The second-order valence-corrected chi connectivity index (χ2v) is 7.45. The fourth-order valence-corrected chi connectivity index (χ4v) is 4.00. The number of carbonyl (C=O) groups is 2. The van der Waals surface area contributed by atoms with E-state index in [2.05, 4.69) is 15.5 Å². The summed E-state index contributed by atoms with van der Waals surface area (Å²) in [5.74, 6) is -0.491. The summed E-state index contributed by atoms with van der Waals surface area (Å²) in [6.45, 7) is 1.93. The van der Waals surface area contributed by atoms with Gasteiger partial charge in [-0.15, -0.1) is 5.10 Å². The highest BCUT2D eigenvalue weighted by atomic mass is 35.5. The molecule has 0 radical (unpaired) electrons. The van der Waals surface area contributed by atoms with Gasteiger partial charge in [-0.1, -0.05) is 41.9 Å². The molecular weight excluding hydrogens is 420 g/mol. The van der Waals surface area contributed by atoms with Crippen LogP contribution in [-0.4, -0.2) is 75.2 Å². The first kappa shape index (κ1) is 21.0. The van der Waals surface area contributed by atoms with Gasteiger partial charge in [-0.2, -0.15) is 4.68 Å². The van der Waals surface area contributed by atoms with Gasteiger partial charge in [-0.3, -0.25) is 9.69 Å². The number of tetrazole rings is 1. The lowest BCUT2D eigenvalue weighted by Crippen LogP contribution is -2.51. The number of hydrogen-bond acceptors (Lipinski definition) is 7. The zero-order chi connectivity index (χ0) is 21.8. The van der Waals surface area contributed by atoms with Crippen molar-refractivity contribution in [3.63, 3.8) is 0 Å². The first-order valence-corrected chi connectivity index (χ1v) is 10.2. The number of aromatic nitrogens is 4. The van der Waals surface area contributed by atoms with Crippen molar-refractivity contribution >= 4 is 23.5 Å². The molecule has 0 aliphatic carbocycles. The average Bonchev–Trinajstić information content (AvgIpc) is 3.35. The van der Waals surface area contributed by atoms with E-state index in [1.54, 1.807) is 23.1 Å². The van der Waals surface area contributed by atoms with Gasteiger partial charge in [0, 0.05) is 31.2 Å². The predicted octanol–water partition coefficient (Wildman–Crippen LogP) is 1.99. The maximum absolute atomic E-state index is 13.2. The highest BCUT2D eigenvalue weighted by Crippen LogP contribution is 2.30. The summed E-state index contributed by atoms with van der Waals surface area (Å²) in [6, 6.07) is 13.8. The maximum atomic E-state index is 13.2. The molecule has 4 rings (SSSR count). The quantitative estimate of drug-likeness (QED) is 0.560. The highest BCUT2D eigenvalue weighted by molar-refractivity contribution is 6.31. The molecule has 1 atom stereocenters. The lowest BCUT2D eigenvalue weighted by Gasteiger charge is -2.38. The minimum atomic E-state index is -0.621. The molecule has 10 heteroatoms. The van der Waals surface area contributed by atoms with Crippen LogP contribution < -0.4 is 0 Å². The predicted molar refractivity (Wildman–Crippen MR) is 113 cm³/mol. The van der Waals surface area contributed by atoms with Crippen molar-refractivity contribution in [1.29, 1.82) is 0 Å². The van der Waals surface area contributed by atoms with Gasteiger partial charge in [-0.25, -0.2) is 4.79 Å². The molecule has 31 heavy (non-hydrogen) atoms. The Morgan fingerprint density at radius 2 is 1.74 bits per heavy atom. The largest absolute Gasteiger partial charge is 0.468 e. The van der Waals surface area contributed by atoms with E-state index in [0.717, 1.165) is 0 Å². The number of rotatable bonds is 5. The number of methoxy groups -OCH3 is 1. The molecule has 1 amide bonds. The molecular formula is C21H21ClN6O3. The Bertz CT molecular complexity index is 1070. The van der Waals surface area contributed by atoms with Crippen molar-refractivity contribution in [3.05, 3.63) is 71.0 Å². The Morgan fingerprint density at radius 3 is 2.42 bits per heavy atom. The normalized spacial score (nSPS) is 15.5. The molecule has 1 aromatic heterocycles. The summed E-state index contributed by atoms with van der Waals surface area (Å²) in [4.78, 5) is 29.5. The summed E-state index contributed by atoms with van der Waals surface area (Å²) in [5, 5.41) is 11.7. The molecule has 2 heterocycles. The third-order valence-corrected chi connectivity index (χ3v) is 5.67. The molecule has 3 aromatic rings. The SMILES string of the molecule is COC(=O)C(c1ccccc1Cl)N1CCN(C(=O)c2ccccc2-n2cnnn2)CC1. The van der Waals surface area contributed by atoms with Crippen LogP contribution >= 0.6 is 11.6 Å². The van der Waals surface area contributed by atoms with E-state index in [0.29, 0.717) is 48.0 Å². The lowest BCUT2D eigenvalue weighted by molar-refractivity contribution is -0.148. The van der Waals surface area contributed by atoms with Gasteiger partial charge in [0.25, 0.3) is 5.91 Å². The molecule has 0 spiro atoms. The van der Waals surface area contributed by atoms with Gasteiger partial charge < -0.3 is 9.64 Å². The van der Waals surface area contributed by atoms with Crippen LogP contribution in [-0.2, 0) is 9.53 Å². The van der Waals surface area contributed by atoms with Crippen LogP contribution in [0.2, 0.25) is 5.02 Å². The number of piperazine rings is 1. The topological polar surface area (TPSA) is 93.5 Å². The summed E-state index contributed by atoms with van der Waals surface area (Å²) in [6.07, 6.45) is 1.45. The number of nitrogens with zero attached hydrogens (tertiary/aromatic N) is 6. The van der Waals surface area contributed by atoms with E-state index in [4.69, 9.17) is 16.3 Å². The maximum Gasteiger partial charge on any atom is 0.327 e. The first-order chi connectivity index (χ1) is 15.1. The molecule has 9 nitrogen and oxygen atoms in total. The minimum absolute atomic E-state index is 0.113. The number of esters is 1. The Balaban J connectivity index is 1.51. The standard InChI is InChI=1S/C21H21ClN6O3/c1-31-21(30)19(15-6-2-4-8-17(15)22)26-10-12-27(13-11-26)20(29)16-7-3-5-9-18(16)28-14-23-24-25-28/h2-9,14,19H,10-13H2,1H3. The van der Waals surface area contributed by atoms with Gasteiger partial charge in [0.2, 0.25) is 0 Å². The number of ether oxygens (including phenoxy) is 1. The van der Waals surface area contributed by atoms with E-state index < -0.39 is 6.04 Å². The van der Waals surface area contributed by atoms with Crippen LogP contribution in [0.15, 0.2) is 54.9 Å². The van der Waals surface area contributed by atoms with Crippen LogP contribution in [0.25, 0.3) is 5.69 Å². The van der Waals surface area contributed by atoms with Gasteiger partial charge in [0.05, 0.1) is 18.4 Å². The van der Waals surface area contributed by atoms with Crippen molar-refractivity contribution in [2.75, 3.05) is 33.3 Å². The number of benzene rings is 2. The molecule has 0 saturated carbocycles. The van der Waals surface area contributed by atoms with Crippen LogP contribution in [0, 0.1) is 0 Å². The van der Waals surface area contributed by atoms with Gasteiger partial charge in [0.1, 0.15) is 12.4 Å². The smallest absolute Gasteiger partial charge is 0.327 e. The Hall–Kier alpha value is -3.30. The van der Waals surface area contributed by atoms with Crippen LogP contribution in [0.1, 0.15) is 22.0 Å². The van der Waals surface area contributed by atoms with Gasteiger partial charge in [-0.05, 0) is 34.2 Å². The van der Waals surface area contributed by atoms with Crippen molar-refractivity contribution in [3.8, 4) is 5.69 Å². The van der Waals surface area contributed by atoms with Crippen molar-refractivity contribution in [1.82, 2.24) is 30.0 Å². The second-order valence-electron chi connectivity index (χ2n) is 7.05. The van der Waals surface area contributed by atoms with Gasteiger partial charge >= 0.3 is 5.97 Å². The first-order valence-electron chi connectivity index (χ1n) is 9.78. The molecule has 2 aromatic carbocycles. The number of amides is 1. The minimum Gasteiger partial charge on any atom is -0.468 e. The molecule has 0 N–H and O–H groups in total. The van der Waals surface area contributed by atoms with E-state index in [9.17, 15) is 9.59 Å². The number of hydrogen-bond donors (Lipinski definition) is 0. The fraction of sp³-hybridized carbons (Fsp3) is 0.286. The number of para-hydroxylation sites is 1. The molecule has 1 fully saturated rings. The Kier molecular flexibility index (Phi) is 6.24. The van der Waals surface area contributed by atoms with E-state index in [1.807, 2.05) is 35.2 Å². The molecule has 1 unspecified atom stereocenters. The fourth-order valence-electron chi connectivity index (χ4n) is 3.76. The molecule has 1 aliphatic heterocycles. The highest BCUT2D eigenvalue weighted by Gasteiger charge is 2.34. The summed E-state index contributed by atoms with van der Waals surface area (Å²) >= 11 is 6.35. The zero-order valence-electron chi connectivity index (χ0n) is 16.9. The van der Waals surface area contributed by atoms with Crippen LogP contribution in [0.5, 0.6) is 0 Å². The van der Waals surface area contributed by atoms with E-state index in [1.165, 1.54) is 18.1 Å². The lowest BCUT2D eigenvalue weighted by atomic mass is 10.0. The van der Waals surface area contributed by atoms with E-state index in [-0.39, 0.29) is 11.9 Å². The summed E-state index contributed by atoms with van der Waals surface area (Å²) < 4.78 is 6.50. The Labute approximate surface area is 184 Å². The van der Waals surface area contributed by atoms with Crippen molar-refractivity contribution in [2.24, 2.45) is 0 Å². The van der Waals surface area contributed by atoms with Gasteiger partial charge in [0.15, 0.2) is 0 Å². The summed E-state index contributed by atoms with van der Waals surface area (Å²) in [5.41, 5.74) is 1.82. The molecule has 0 bridgehead atoms. The third-order valence-electron chi connectivity index (χ3n) is 5.32. The third kappa shape index (κ3) is 4.28. The number of carbonyl (C=O) groups excluding carboxylic acids is 2. The summed E-state index contributed by atoms with van der Waals surface area (Å²) in [7, 11) is 1.36. The molecule has 1 saturated heterocycles. The van der Waals surface area contributed by atoms with Crippen LogP contribution in [0.3, 0.4) is 0 Å². The second kappa shape index (κ2) is 9.23. The molecule has 160 valence electrons. The van der Waals surface area contributed by atoms with Crippen LogP contribution in [0.4, 0.5) is 0 Å². The Morgan fingerprint density at radius 1 is 1.03 bits per heavy atom. The average molecular weight is 441 g/mol. The number of halogens is 1. The van der Waals surface area contributed by atoms with E-state index >= 15 is 0 Å². The van der Waals surface area contributed by atoms with Crippen molar-refractivity contribution < 1.29 is 14.3 Å². The van der Waals surface area contributed by atoms with Crippen molar-refractivity contribution in [2.45, 2.75) is 6.04 Å². The zero-order valence-corrected chi connectivity index (χ0v) is 17.6.